The van der Waals surface area contributed by atoms with Crippen molar-refractivity contribution in [2.75, 3.05) is 0 Å². The highest BCUT2D eigenvalue weighted by molar-refractivity contribution is 5.12. The highest BCUT2D eigenvalue weighted by Gasteiger charge is 2.31. The normalized spacial score (nSPS) is 25.3. The van der Waals surface area contributed by atoms with E-state index in [4.69, 9.17) is 0 Å². The van der Waals surface area contributed by atoms with E-state index in [1.165, 1.54) is 0 Å². The van der Waals surface area contributed by atoms with Crippen LogP contribution >= 0.6 is 0 Å². The van der Waals surface area contributed by atoms with Crippen molar-refractivity contribution in [1.29, 1.82) is 0 Å². The van der Waals surface area contributed by atoms with E-state index in [0.717, 1.165) is 6.92 Å². The Kier molecular flexibility index (Phi) is 1.88. The Hall–Kier alpha value is -0.660. The van der Waals surface area contributed by atoms with Gasteiger partial charge in [0.2, 0.25) is 0 Å². The Morgan fingerprint density at radius 3 is 2.40 bits per heavy atom. The van der Waals surface area contributed by atoms with Crippen LogP contribution in [0.4, 0.5) is 8.78 Å². The van der Waals surface area contributed by atoms with Gasteiger partial charge in [0.1, 0.15) is 0 Å². The van der Waals surface area contributed by atoms with E-state index in [9.17, 15) is 8.78 Å². The molecule has 0 saturated carbocycles. The van der Waals surface area contributed by atoms with Gasteiger partial charge in [-0.15, -0.1) is 0 Å². The van der Waals surface area contributed by atoms with Crippen LogP contribution in [0.2, 0.25) is 0 Å². The third kappa shape index (κ3) is 1.66. The van der Waals surface area contributed by atoms with E-state index in [1.807, 2.05) is 0 Å². The summed E-state index contributed by atoms with van der Waals surface area (Å²) in [6.07, 6.45) is 7.25. The Bertz CT molecular complexity index is 163. The number of rotatable bonds is 1. The Labute approximate surface area is 59.2 Å². The van der Waals surface area contributed by atoms with Crippen LogP contribution < -0.4 is 0 Å². The third-order valence-corrected chi connectivity index (χ3v) is 1.63. The van der Waals surface area contributed by atoms with Crippen LogP contribution in [-0.4, -0.2) is 5.92 Å². The van der Waals surface area contributed by atoms with Gasteiger partial charge in [-0.25, -0.2) is 8.78 Å². The Balaban J connectivity index is 2.60. The molecule has 0 bridgehead atoms. The quantitative estimate of drug-likeness (QED) is 0.530. The molecule has 10 heavy (non-hydrogen) atoms. The minimum Gasteiger partial charge on any atom is -0.207 e. The van der Waals surface area contributed by atoms with Crippen molar-refractivity contribution < 1.29 is 8.78 Å². The van der Waals surface area contributed by atoms with E-state index in [2.05, 4.69) is 0 Å². The summed E-state index contributed by atoms with van der Waals surface area (Å²) in [6, 6.07) is 0. The van der Waals surface area contributed by atoms with Gasteiger partial charge in [-0.3, -0.25) is 0 Å². The molecule has 0 aliphatic heterocycles. The molecular formula is C8H10F2. The van der Waals surface area contributed by atoms with Crippen molar-refractivity contribution in [3.8, 4) is 0 Å². The number of hydrogen-bond acceptors (Lipinski definition) is 0. The van der Waals surface area contributed by atoms with Crippen molar-refractivity contribution in [3.05, 3.63) is 24.3 Å². The van der Waals surface area contributed by atoms with Crippen molar-refractivity contribution in [2.45, 2.75) is 19.3 Å². The first-order chi connectivity index (χ1) is 4.61. The maximum atomic E-state index is 12.5. The fourth-order valence-corrected chi connectivity index (χ4v) is 0.956. The van der Waals surface area contributed by atoms with Crippen LogP contribution in [0.1, 0.15) is 13.3 Å². The summed E-state index contributed by atoms with van der Waals surface area (Å²) in [4.78, 5) is 0. The van der Waals surface area contributed by atoms with Crippen LogP contribution in [-0.2, 0) is 0 Å². The molecule has 0 aromatic carbocycles. The summed E-state index contributed by atoms with van der Waals surface area (Å²) in [6.45, 7) is 0.959. The van der Waals surface area contributed by atoms with E-state index in [1.54, 1.807) is 24.3 Å². The summed E-state index contributed by atoms with van der Waals surface area (Å²) in [7, 11) is 0. The first-order valence-corrected chi connectivity index (χ1v) is 3.32. The SMILES string of the molecule is CC(F)(F)C1C=CC=CC1. The molecule has 56 valence electrons. The molecule has 1 aliphatic rings. The van der Waals surface area contributed by atoms with Crippen molar-refractivity contribution in [2.24, 2.45) is 5.92 Å². The zero-order valence-electron chi connectivity index (χ0n) is 5.85. The van der Waals surface area contributed by atoms with Crippen LogP contribution in [0.15, 0.2) is 24.3 Å². The molecule has 0 amide bonds. The molecule has 0 heterocycles. The van der Waals surface area contributed by atoms with Crippen molar-refractivity contribution in [3.63, 3.8) is 0 Å². The summed E-state index contributed by atoms with van der Waals surface area (Å²) in [5.41, 5.74) is 0. The summed E-state index contributed by atoms with van der Waals surface area (Å²) < 4.78 is 25.0. The van der Waals surface area contributed by atoms with E-state index < -0.39 is 11.8 Å². The van der Waals surface area contributed by atoms with Gasteiger partial charge in [-0.2, -0.15) is 0 Å². The molecule has 0 aromatic rings. The smallest absolute Gasteiger partial charge is 0.207 e. The molecule has 1 unspecified atom stereocenters. The Morgan fingerprint density at radius 1 is 1.40 bits per heavy atom. The molecule has 0 fully saturated rings. The minimum atomic E-state index is -2.57. The van der Waals surface area contributed by atoms with Gasteiger partial charge in [0, 0.05) is 5.92 Å². The average molecular weight is 144 g/mol. The minimum absolute atomic E-state index is 0.458. The van der Waals surface area contributed by atoms with Gasteiger partial charge in [-0.1, -0.05) is 24.3 Å². The lowest BCUT2D eigenvalue weighted by Crippen LogP contribution is -2.22. The Morgan fingerprint density at radius 2 is 2.10 bits per heavy atom. The molecule has 0 N–H and O–H groups in total. The maximum Gasteiger partial charge on any atom is 0.251 e. The molecule has 1 aliphatic carbocycles. The molecular weight excluding hydrogens is 134 g/mol. The summed E-state index contributed by atoms with van der Waals surface area (Å²) in [5.74, 6) is -3.17. The molecule has 0 spiro atoms. The van der Waals surface area contributed by atoms with E-state index in [0.29, 0.717) is 6.42 Å². The van der Waals surface area contributed by atoms with Crippen molar-refractivity contribution >= 4 is 0 Å². The molecule has 0 radical (unpaired) electrons. The van der Waals surface area contributed by atoms with Gasteiger partial charge in [0.15, 0.2) is 0 Å². The third-order valence-electron chi connectivity index (χ3n) is 1.63. The highest BCUT2D eigenvalue weighted by atomic mass is 19.3. The van der Waals surface area contributed by atoms with Crippen molar-refractivity contribution in [1.82, 2.24) is 0 Å². The molecule has 0 saturated heterocycles. The predicted octanol–water partition coefficient (Wildman–Crippen LogP) is 2.77. The number of allylic oxidation sites excluding steroid dienone is 4. The van der Waals surface area contributed by atoms with Crippen LogP contribution in [0, 0.1) is 5.92 Å². The second-order valence-electron chi connectivity index (χ2n) is 2.61. The monoisotopic (exact) mass is 144 g/mol. The standard InChI is InChI=1S/C8H10F2/c1-8(9,10)7-5-3-2-4-6-7/h2-5,7H,6H2,1H3. The number of halogens is 2. The van der Waals surface area contributed by atoms with Gasteiger partial charge < -0.3 is 0 Å². The molecule has 0 nitrogen and oxygen atoms in total. The first-order valence-electron chi connectivity index (χ1n) is 3.32. The highest BCUT2D eigenvalue weighted by Crippen LogP contribution is 2.29. The molecule has 2 heteroatoms. The zero-order chi connectivity index (χ0) is 7.61. The second kappa shape index (κ2) is 2.52. The second-order valence-corrected chi connectivity index (χ2v) is 2.61. The number of alkyl halides is 2. The van der Waals surface area contributed by atoms with E-state index in [-0.39, 0.29) is 0 Å². The maximum absolute atomic E-state index is 12.5. The number of hydrogen-bond donors (Lipinski definition) is 0. The average Bonchev–Trinajstić information content (AvgIpc) is 1.88. The molecule has 0 aromatic heterocycles. The fourth-order valence-electron chi connectivity index (χ4n) is 0.956. The fraction of sp³-hybridized carbons (Fsp3) is 0.500. The van der Waals surface area contributed by atoms with Crippen LogP contribution in [0.25, 0.3) is 0 Å². The van der Waals surface area contributed by atoms with Gasteiger partial charge in [0.05, 0.1) is 0 Å². The van der Waals surface area contributed by atoms with Gasteiger partial charge >= 0.3 is 0 Å². The van der Waals surface area contributed by atoms with Gasteiger partial charge in [-0.05, 0) is 13.3 Å². The predicted molar refractivity (Wildman–Crippen MR) is 37.0 cm³/mol. The molecule has 1 rings (SSSR count). The first kappa shape index (κ1) is 7.45. The topological polar surface area (TPSA) is 0 Å². The van der Waals surface area contributed by atoms with Gasteiger partial charge in [0.25, 0.3) is 5.92 Å². The molecule has 1 atom stereocenters. The van der Waals surface area contributed by atoms with E-state index >= 15 is 0 Å². The summed E-state index contributed by atoms with van der Waals surface area (Å²) in [5, 5.41) is 0. The van der Waals surface area contributed by atoms with Crippen LogP contribution in [0.3, 0.4) is 0 Å². The summed E-state index contributed by atoms with van der Waals surface area (Å²) >= 11 is 0. The lowest BCUT2D eigenvalue weighted by molar-refractivity contribution is -0.0201. The lowest BCUT2D eigenvalue weighted by Gasteiger charge is -2.19. The zero-order valence-corrected chi connectivity index (χ0v) is 5.85. The lowest BCUT2D eigenvalue weighted by atomic mass is 9.95. The van der Waals surface area contributed by atoms with Crippen LogP contribution in [0.5, 0.6) is 0 Å². The largest absolute Gasteiger partial charge is 0.251 e.